The van der Waals surface area contributed by atoms with Crippen molar-refractivity contribution in [2.24, 2.45) is 7.05 Å². The number of hydrogen-bond donors (Lipinski definition) is 1. The molecule has 1 N–H and O–H groups in total. The van der Waals surface area contributed by atoms with Gasteiger partial charge in [0.15, 0.2) is 11.2 Å². The summed E-state index contributed by atoms with van der Waals surface area (Å²) in [6, 6.07) is 9.58. The minimum absolute atomic E-state index is 0.169. The van der Waals surface area contributed by atoms with Crippen LogP contribution in [0.5, 0.6) is 0 Å². The highest BCUT2D eigenvalue weighted by Crippen LogP contribution is 2.16. The van der Waals surface area contributed by atoms with Crippen molar-refractivity contribution in [1.82, 2.24) is 19.1 Å². The van der Waals surface area contributed by atoms with Crippen molar-refractivity contribution in [1.29, 1.82) is 0 Å². The molecular weight excluding hydrogens is 280 g/mol. The lowest BCUT2D eigenvalue weighted by atomic mass is 10.2. The van der Waals surface area contributed by atoms with E-state index in [2.05, 4.69) is 9.97 Å². The number of nitrogens with zero attached hydrogens (tertiary/aromatic N) is 3. The van der Waals surface area contributed by atoms with Gasteiger partial charge in [-0.2, -0.15) is 4.98 Å². The fraction of sp³-hybridized carbons (Fsp3) is 0.154. The molecule has 0 aliphatic heterocycles. The van der Waals surface area contributed by atoms with Gasteiger partial charge in [0.05, 0.1) is 6.54 Å². The molecule has 102 valence electrons. The zero-order valence-electron chi connectivity index (χ0n) is 10.6. The Balaban J connectivity index is 2.26. The molecule has 7 heteroatoms. The Kier molecular flexibility index (Phi) is 2.94. The van der Waals surface area contributed by atoms with E-state index in [9.17, 15) is 9.59 Å². The van der Waals surface area contributed by atoms with E-state index in [1.165, 1.54) is 7.05 Å². The first-order valence-electron chi connectivity index (χ1n) is 5.97. The van der Waals surface area contributed by atoms with Gasteiger partial charge in [0.2, 0.25) is 5.28 Å². The van der Waals surface area contributed by atoms with Crippen molar-refractivity contribution < 1.29 is 0 Å². The molecule has 0 unspecified atom stereocenters. The second kappa shape index (κ2) is 4.64. The van der Waals surface area contributed by atoms with Gasteiger partial charge in [-0.05, 0) is 17.2 Å². The first-order chi connectivity index (χ1) is 9.58. The molecule has 0 bridgehead atoms. The van der Waals surface area contributed by atoms with Gasteiger partial charge < -0.3 is 4.57 Å². The predicted octanol–water partition coefficient (Wildman–Crippen LogP) is 1.12. The quantitative estimate of drug-likeness (QED) is 0.719. The molecule has 0 atom stereocenters. The standard InChI is InChI=1S/C13H11ClN4O2/c1-17-11(19)9-10(16-13(17)20)15-12(14)18(9)7-8-5-3-2-4-6-8/h2-6H,7H2,1H3,(H,16,20). The Bertz CT molecular complexity index is 892. The Hall–Kier alpha value is -2.34. The van der Waals surface area contributed by atoms with E-state index in [4.69, 9.17) is 11.6 Å². The van der Waals surface area contributed by atoms with Crippen LogP contribution in [0.15, 0.2) is 39.9 Å². The van der Waals surface area contributed by atoms with E-state index in [0.29, 0.717) is 12.1 Å². The fourth-order valence-corrected chi connectivity index (χ4v) is 2.30. The number of aromatic amines is 1. The van der Waals surface area contributed by atoms with E-state index in [-0.39, 0.29) is 10.9 Å². The third-order valence-electron chi connectivity index (χ3n) is 3.14. The highest BCUT2D eigenvalue weighted by Gasteiger charge is 2.15. The maximum Gasteiger partial charge on any atom is 0.329 e. The normalized spacial score (nSPS) is 11.1. The van der Waals surface area contributed by atoms with Crippen molar-refractivity contribution in [3.05, 3.63) is 62.0 Å². The minimum atomic E-state index is -0.511. The van der Waals surface area contributed by atoms with Gasteiger partial charge >= 0.3 is 5.69 Å². The number of fused-ring (bicyclic) bond motifs is 1. The first-order valence-corrected chi connectivity index (χ1v) is 6.34. The molecule has 0 saturated heterocycles. The lowest BCUT2D eigenvalue weighted by Crippen LogP contribution is -2.33. The molecule has 3 rings (SSSR count). The SMILES string of the molecule is Cn1c(=O)[nH]c2nc(Cl)n(Cc3ccccc3)c2c1=O. The largest absolute Gasteiger partial charge is 0.329 e. The number of H-pyrrole nitrogens is 1. The van der Waals surface area contributed by atoms with Crippen LogP contribution in [-0.2, 0) is 13.6 Å². The van der Waals surface area contributed by atoms with Crippen molar-refractivity contribution in [2.75, 3.05) is 0 Å². The molecule has 0 amide bonds. The van der Waals surface area contributed by atoms with Gasteiger partial charge in [-0.1, -0.05) is 30.3 Å². The molecule has 1 aromatic carbocycles. The van der Waals surface area contributed by atoms with Crippen molar-refractivity contribution in [3.8, 4) is 0 Å². The number of halogens is 1. The Morgan fingerprint density at radius 3 is 2.65 bits per heavy atom. The average molecular weight is 291 g/mol. The topological polar surface area (TPSA) is 72.7 Å². The molecule has 0 saturated carbocycles. The van der Waals surface area contributed by atoms with Gasteiger partial charge in [-0.25, -0.2) is 4.79 Å². The molecule has 0 aliphatic rings. The Morgan fingerprint density at radius 2 is 1.95 bits per heavy atom. The zero-order chi connectivity index (χ0) is 14.3. The van der Waals surface area contributed by atoms with E-state index >= 15 is 0 Å². The van der Waals surface area contributed by atoms with E-state index in [1.54, 1.807) is 4.57 Å². The Morgan fingerprint density at radius 1 is 1.25 bits per heavy atom. The number of nitrogens with one attached hydrogen (secondary N) is 1. The van der Waals surface area contributed by atoms with Crippen molar-refractivity contribution in [2.45, 2.75) is 6.54 Å². The molecule has 0 aliphatic carbocycles. The van der Waals surface area contributed by atoms with Crippen LogP contribution in [0.1, 0.15) is 5.56 Å². The van der Waals surface area contributed by atoms with Crippen molar-refractivity contribution in [3.63, 3.8) is 0 Å². The molecular formula is C13H11ClN4O2. The lowest BCUT2D eigenvalue weighted by molar-refractivity contribution is 0.768. The summed E-state index contributed by atoms with van der Waals surface area (Å²) in [5.41, 5.74) is 0.560. The smallest absolute Gasteiger partial charge is 0.304 e. The van der Waals surface area contributed by atoms with Crippen LogP contribution in [0.4, 0.5) is 0 Å². The fourth-order valence-electron chi connectivity index (χ4n) is 2.08. The summed E-state index contributed by atoms with van der Waals surface area (Å²) in [6.07, 6.45) is 0. The third-order valence-corrected chi connectivity index (χ3v) is 3.43. The molecule has 3 aromatic rings. The third kappa shape index (κ3) is 1.94. The molecule has 0 radical (unpaired) electrons. The zero-order valence-corrected chi connectivity index (χ0v) is 11.4. The number of rotatable bonds is 2. The minimum Gasteiger partial charge on any atom is -0.304 e. The summed E-state index contributed by atoms with van der Waals surface area (Å²) >= 11 is 6.08. The Labute approximate surface area is 118 Å². The molecule has 2 aromatic heterocycles. The van der Waals surface area contributed by atoms with Gasteiger partial charge in [-0.15, -0.1) is 0 Å². The van der Waals surface area contributed by atoms with E-state index < -0.39 is 11.2 Å². The molecule has 6 nitrogen and oxygen atoms in total. The molecule has 0 fully saturated rings. The lowest BCUT2D eigenvalue weighted by Gasteiger charge is -2.05. The van der Waals surface area contributed by atoms with Gasteiger partial charge in [-0.3, -0.25) is 14.3 Å². The second-order valence-corrected chi connectivity index (χ2v) is 4.78. The van der Waals surface area contributed by atoms with Crippen LogP contribution < -0.4 is 11.2 Å². The van der Waals surface area contributed by atoms with E-state index in [1.807, 2.05) is 30.3 Å². The monoisotopic (exact) mass is 290 g/mol. The molecule has 0 spiro atoms. The summed E-state index contributed by atoms with van der Waals surface area (Å²) < 4.78 is 2.59. The van der Waals surface area contributed by atoms with Crippen LogP contribution in [0.3, 0.4) is 0 Å². The number of benzene rings is 1. The summed E-state index contributed by atoms with van der Waals surface area (Å²) in [6.45, 7) is 0.414. The van der Waals surface area contributed by atoms with Crippen LogP contribution >= 0.6 is 11.6 Å². The predicted molar refractivity (Wildman–Crippen MR) is 76.1 cm³/mol. The number of aromatic nitrogens is 4. The van der Waals surface area contributed by atoms with Crippen LogP contribution in [0, 0.1) is 0 Å². The highest BCUT2D eigenvalue weighted by molar-refractivity contribution is 6.29. The van der Waals surface area contributed by atoms with Crippen LogP contribution in [0.25, 0.3) is 11.2 Å². The highest BCUT2D eigenvalue weighted by atomic mass is 35.5. The van der Waals surface area contributed by atoms with Crippen LogP contribution in [0.2, 0.25) is 5.28 Å². The maximum absolute atomic E-state index is 12.2. The van der Waals surface area contributed by atoms with Gasteiger partial charge in [0.25, 0.3) is 5.56 Å². The van der Waals surface area contributed by atoms with Crippen molar-refractivity contribution >= 4 is 22.8 Å². The maximum atomic E-state index is 12.2. The summed E-state index contributed by atoms with van der Waals surface area (Å²) in [4.78, 5) is 30.3. The number of imidazole rings is 1. The van der Waals surface area contributed by atoms with E-state index in [0.717, 1.165) is 10.1 Å². The second-order valence-electron chi connectivity index (χ2n) is 4.44. The molecule has 2 heterocycles. The average Bonchev–Trinajstić information content (AvgIpc) is 2.74. The molecule has 20 heavy (non-hydrogen) atoms. The first kappa shape index (κ1) is 12.7. The van der Waals surface area contributed by atoms with Gasteiger partial charge in [0.1, 0.15) is 0 Å². The summed E-state index contributed by atoms with van der Waals surface area (Å²) in [5.74, 6) is 0. The van der Waals surface area contributed by atoms with Gasteiger partial charge in [0, 0.05) is 7.05 Å². The summed E-state index contributed by atoms with van der Waals surface area (Å²) in [5, 5.41) is 0.169. The number of hydrogen-bond acceptors (Lipinski definition) is 3. The summed E-state index contributed by atoms with van der Waals surface area (Å²) in [7, 11) is 1.41. The van der Waals surface area contributed by atoms with Crippen LogP contribution in [-0.4, -0.2) is 19.1 Å².